The van der Waals surface area contributed by atoms with Gasteiger partial charge in [0.2, 0.25) is 0 Å². The van der Waals surface area contributed by atoms with E-state index in [-0.39, 0.29) is 12.5 Å². The van der Waals surface area contributed by atoms with Crippen LogP contribution in [0.2, 0.25) is 5.02 Å². The Labute approximate surface area is 123 Å². The second-order valence-electron chi connectivity index (χ2n) is 5.06. The van der Waals surface area contributed by atoms with Crippen molar-refractivity contribution >= 4 is 29.3 Å². The first-order chi connectivity index (χ1) is 9.29. The average molecular weight is 299 g/mol. The van der Waals surface area contributed by atoms with E-state index in [0.29, 0.717) is 17.3 Å². The van der Waals surface area contributed by atoms with Crippen LogP contribution in [0.1, 0.15) is 19.4 Å². The number of carboxylic acids is 1. The van der Waals surface area contributed by atoms with E-state index in [2.05, 4.69) is 5.32 Å². The molecule has 110 valence electrons. The van der Waals surface area contributed by atoms with Gasteiger partial charge in [0.25, 0.3) is 0 Å². The smallest absolute Gasteiger partial charge is 0.323 e. The third kappa shape index (κ3) is 5.09. The lowest BCUT2D eigenvalue weighted by Gasteiger charge is -2.23. The molecule has 20 heavy (non-hydrogen) atoms. The van der Waals surface area contributed by atoms with Gasteiger partial charge in [0.1, 0.15) is 6.54 Å². The molecule has 2 amide bonds. The molecule has 1 aromatic rings. The number of benzene rings is 1. The summed E-state index contributed by atoms with van der Waals surface area (Å²) in [6.07, 6.45) is 0. The lowest BCUT2D eigenvalue weighted by Crippen LogP contribution is -2.41. The second kappa shape index (κ2) is 7.14. The highest BCUT2D eigenvalue weighted by atomic mass is 35.5. The lowest BCUT2D eigenvalue weighted by atomic mass is 10.2. The zero-order chi connectivity index (χ0) is 15.3. The van der Waals surface area contributed by atoms with Crippen molar-refractivity contribution in [2.24, 2.45) is 5.92 Å². The molecule has 0 atom stereocenters. The summed E-state index contributed by atoms with van der Waals surface area (Å²) in [7, 11) is 0. The minimum absolute atomic E-state index is 0.181. The van der Waals surface area contributed by atoms with Crippen molar-refractivity contribution in [1.29, 1.82) is 0 Å². The van der Waals surface area contributed by atoms with Crippen LogP contribution in [0.25, 0.3) is 0 Å². The minimum atomic E-state index is -1.04. The number of aryl methyl sites for hydroxylation is 1. The number of nitrogens with one attached hydrogen (secondary N) is 1. The average Bonchev–Trinajstić information content (AvgIpc) is 2.31. The Balaban J connectivity index is 2.84. The van der Waals surface area contributed by atoms with Crippen LogP contribution in [0.5, 0.6) is 0 Å². The standard InChI is InChI=1S/C14H19ClN2O3/c1-9(2)7-17(8-13(18)19)14(20)16-12-6-11(15)5-4-10(12)3/h4-6,9H,7-8H2,1-3H3,(H,16,20)(H,18,19). The molecule has 0 radical (unpaired) electrons. The van der Waals surface area contributed by atoms with Gasteiger partial charge in [0, 0.05) is 17.3 Å². The molecule has 1 aromatic carbocycles. The summed E-state index contributed by atoms with van der Waals surface area (Å²) in [6, 6.07) is 4.73. The van der Waals surface area contributed by atoms with Gasteiger partial charge in [0.15, 0.2) is 0 Å². The van der Waals surface area contributed by atoms with Gasteiger partial charge in [-0.2, -0.15) is 0 Å². The Morgan fingerprint density at radius 3 is 2.60 bits per heavy atom. The number of nitrogens with zero attached hydrogens (tertiary/aromatic N) is 1. The maximum absolute atomic E-state index is 12.2. The molecular weight excluding hydrogens is 280 g/mol. The van der Waals surface area contributed by atoms with Gasteiger partial charge >= 0.3 is 12.0 Å². The van der Waals surface area contributed by atoms with Crippen molar-refractivity contribution in [3.63, 3.8) is 0 Å². The van der Waals surface area contributed by atoms with Gasteiger partial charge in [0.05, 0.1) is 0 Å². The Hall–Kier alpha value is -1.75. The molecule has 2 N–H and O–H groups in total. The summed E-state index contributed by atoms with van der Waals surface area (Å²) in [5.41, 5.74) is 1.45. The first-order valence-electron chi connectivity index (χ1n) is 6.33. The van der Waals surface area contributed by atoms with E-state index >= 15 is 0 Å². The summed E-state index contributed by atoms with van der Waals surface area (Å²) in [5.74, 6) is -0.857. The van der Waals surface area contributed by atoms with Gasteiger partial charge in [-0.05, 0) is 30.5 Å². The van der Waals surface area contributed by atoms with Crippen molar-refractivity contribution in [2.45, 2.75) is 20.8 Å². The molecule has 0 aliphatic carbocycles. The number of urea groups is 1. The van der Waals surface area contributed by atoms with Gasteiger partial charge in [-0.25, -0.2) is 4.79 Å². The van der Waals surface area contributed by atoms with Crippen LogP contribution in [0, 0.1) is 12.8 Å². The summed E-state index contributed by atoms with van der Waals surface area (Å²) in [4.78, 5) is 24.3. The molecule has 0 aromatic heterocycles. The number of halogens is 1. The molecule has 0 unspecified atom stereocenters. The first-order valence-corrected chi connectivity index (χ1v) is 6.71. The van der Waals surface area contributed by atoms with E-state index in [9.17, 15) is 9.59 Å². The number of aliphatic carboxylic acids is 1. The first kappa shape index (κ1) is 16.3. The van der Waals surface area contributed by atoms with E-state index in [1.165, 1.54) is 4.90 Å². The zero-order valence-corrected chi connectivity index (χ0v) is 12.6. The summed E-state index contributed by atoms with van der Waals surface area (Å²) in [5, 5.41) is 12.1. The van der Waals surface area contributed by atoms with Crippen LogP contribution in [0.3, 0.4) is 0 Å². The fourth-order valence-electron chi connectivity index (χ4n) is 1.75. The van der Waals surface area contributed by atoms with Crippen molar-refractivity contribution < 1.29 is 14.7 Å². The van der Waals surface area contributed by atoms with Crippen molar-refractivity contribution in [2.75, 3.05) is 18.4 Å². The lowest BCUT2D eigenvalue weighted by molar-refractivity contribution is -0.137. The summed E-state index contributed by atoms with van der Waals surface area (Å²) in [6.45, 7) is 5.73. The quantitative estimate of drug-likeness (QED) is 0.877. The number of carboxylic acid groups (broad SMARTS) is 1. The third-order valence-corrected chi connectivity index (χ3v) is 2.88. The van der Waals surface area contributed by atoms with E-state index in [4.69, 9.17) is 16.7 Å². The number of rotatable bonds is 5. The number of carbonyl (C=O) groups excluding carboxylic acids is 1. The molecule has 0 spiro atoms. The van der Waals surface area contributed by atoms with E-state index in [1.807, 2.05) is 20.8 Å². The molecule has 0 fully saturated rings. The second-order valence-corrected chi connectivity index (χ2v) is 5.49. The Bertz CT molecular complexity index is 503. The van der Waals surface area contributed by atoms with Gasteiger partial charge in [-0.3, -0.25) is 4.79 Å². The van der Waals surface area contributed by atoms with E-state index < -0.39 is 12.0 Å². The Morgan fingerprint density at radius 1 is 1.40 bits per heavy atom. The van der Waals surface area contributed by atoms with Crippen LogP contribution < -0.4 is 5.32 Å². The van der Waals surface area contributed by atoms with Crippen molar-refractivity contribution in [3.05, 3.63) is 28.8 Å². The zero-order valence-electron chi connectivity index (χ0n) is 11.8. The predicted molar refractivity (Wildman–Crippen MR) is 79.3 cm³/mol. The van der Waals surface area contributed by atoms with Gasteiger partial charge in [-0.1, -0.05) is 31.5 Å². The summed E-state index contributed by atoms with van der Waals surface area (Å²) >= 11 is 5.89. The molecular formula is C14H19ClN2O3. The van der Waals surface area contributed by atoms with Crippen LogP contribution >= 0.6 is 11.6 Å². The van der Waals surface area contributed by atoms with Crippen LogP contribution in [0.4, 0.5) is 10.5 Å². The van der Waals surface area contributed by atoms with Crippen LogP contribution in [-0.4, -0.2) is 35.1 Å². The van der Waals surface area contributed by atoms with Gasteiger partial charge < -0.3 is 15.3 Å². The fraction of sp³-hybridized carbons (Fsp3) is 0.429. The molecule has 5 nitrogen and oxygen atoms in total. The number of hydrogen-bond acceptors (Lipinski definition) is 2. The third-order valence-electron chi connectivity index (χ3n) is 2.64. The van der Waals surface area contributed by atoms with Gasteiger partial charge in [-0.15, -0.1) is 0 Å². The Morgan fingerprint density at radius 2 is 2.05 bits per heavy atom. The highest BCUT2D eigenvalue weighted by molar-refractivity contribution is 6.31. The van der Waals surface area contributed by atoms with Crippen molar-refractivity contribution in [3.8, 4) is 0 Å². The molecule has 0 saturated heterocycles. The fourth-order valence-corrected chi connectivity index (χ4v) is 1.92. The molecule has 1 rings (SSSR count). The minimum Gasteiger partial charge on any atom is -0.480 e. The highest BCUT2D eigenvalue weighted by Crippen LogP contribution is 2.20. The maximum atomic E-state index is 12.2. The molecule has 6 heteroatoms. The number of hydrogen-bond donors (Lipinski definition) is 2. The van der Waals surface area contributed by atoms with Crippen LogP contribution in [-0.2, 0) is 4.79 Å². The number of amides is 2. The molecule has 0 aliphatic rings. The van der Waals surface area contributed by atoms with Crippen molar-refractivity contribution in [1.82, 2.24) is 4.90 Å². The normalized spacial score (nSPS) is 10.4. The number of anilines is 1. The van der Waals surface area contributed by atoms with Crippen LogP contribution in [0.15, 0.2) is 18.2 Å². The number of carbonyl (C=O) groups is 2. The Kier molecular flexibility index (Phi) is 5.82. The summed E-state index contributed by atoms with van der Waals surface area (Å²) < 4.78 is 0. The topological polar surface area (TPSA) is 69.6 Å². The monoisotopic (exact) mass is 298 g/mol. The largest absolute Gasteiger partial charge is 0.480 e. The molecule has 0 bridgehead atoms. The highest BCUT2D eigenvalue weighted by Gasteiger charge is 2.18. The molecule has 0 heterocycles. The predicted octanol–water partition coefficient (Wildman–Crippen LogP) is 3.22. The molecule has 0 aliphatic heterocycles. The molecule has 0 saturated carbocycles. The van der Waals surface area contributed by atoms with E-state index in [0.717, 1.165) is 5.56 Å². The maximum Gasteiger partial charge on any atom is 0.323 e. The SMILES string of the molecule is Cc1ccc(Cl)cc1NC(=O)N(CC(=O)O)CC(C)C. The van der Waals surface area contributed by atoms with E-state index in [1.54, 1.807) is 18.2 Å².